The van der Waals surface area contributed by atoms with Gasteiger partial charge in [0, 0.05) is 12.1 Å². The molecule has 0 bridgehead atoms. The Bertz CT molecular complexity index is 764. The topological polar surface area (TPSA) is 46.1 Å². The van der Waals surface area contributed by atoms with Gasteiger partial charge in [-0.1, -0.05) is 29.5 Å². The van der Waals surface area contributed by atoms with E-state index in [4.69, 9.17) is 0 Å². The Balaban J connectivity index is 1.83. The summed E-state index contributed by atoms with van der Waals surface area (Å²) in [6.45, 7) is 0.780. The van der Waals surface area contributed by atoms with E-state index < -0.39 is 6.10 Å². The van der Waals surface area contributed by atoms with E-state index in [0.29, 0.717) is 13.1 Å². The molecule has 0 amide bonds. The molecule has 20 heavy (non-hydrogen) atoms. The number of benzene rings is 1. The second-order valence-electron chi connectivity index (χ2n) is 4.67. The summed E-state index contributed by atoms with van der Waals surface area (Å²) < 4.78 is 4.51. The van der Waals surface area contributed by atoms with Gasteiger partial charge in [0.05, 0.1) is 16.8 Å². The van der Waals surface area contributed by atoms with Crippen molar-refractivity contribution in [3.63, 3.8) is 0 Å². The monoisotopic (exact) mass is 287 g/mol. The molecule has 0 spiro atoms. The summed E-state index contributed by atoms with van der Waals surface area (Å²) in [4.78, 5) is 12.0. The van der Waals surface area contributed by atoms with Gasteiger partial charge in [0.2, 0.25) is 0 Å². The minimum atomic E-state index is -0.599. The van der Waals surface area contributed by atoms with Crippen LogP contribution in [0.15, 0.2) is 59.7 Å². The zero-order chi connectivity index (χ0) is 13.9. The minimum Gasteiger partial charge on any atom is -0.385 e. The predicted octanol–water partition coefficient (Wildman–Crippen LogP) is 1.41. The minimum absolute atomic E-state index is 0.0247. The second-order valence-corrected chi connectivity index (χ2v) is 5.67. The van der Waals surface area contributed by atoms with Crippen LogP contribution in [0.3, 0.4) is 0 Å². The van der Waals surface area contributed by atoms with E-state index in [1.807, 2.05) is 59.4 Å². The molecule has 0 aliphatic heterocycles. The number of thiazole rings is 1. The molecule has 1 aromatic carbocycles. The molecule has 0 fully saturated rings. The number of aliphatic hydroxyl groups is 1. The van der Waals surface area contributed by atoms with Crippen molar-refractivity contribution in [2.75, 3.05) is 0 Å². The van der Waals surface area contributed by atoms with Crippen molar-refractivity contribution < 1.29 is 9.67 Å². The number of aromatic nitrogens is 2. The number of rotatable bonds is 4. The highest BCUT2D eigenvalue weighted by Crippen LogP contribution is 2.16. The third-order valence-electron chi connectivity index (χ3n) is 3.17. The normalized spacial score (nSPS) is 12.7. The van der Waals surface area contributed by atoms with Gasteiger partial charge in [-0.05, 0) is 12.1 Å². The maximum atomic E-state index is 12.0. The van der Waals surface area contributed by atoms with E-state index in [0.717, 1.165) is 10.2 Å². The molecule has 0 radical (unpaired) electrons. The lowest BCUT2D eigenvalue weighted by Gasteiger charge is -2.08. The van der Waals surface area contributed by atoms with Crippen molar-refractivity contribution in [3.8, 4) is 0 Å². The Morgan fingerprint density at radius 2 is 1.90 bits per heavy atom. The van der Waals surface area contributed by atoms with Gasteiger partial charge in [-0.25, -0.2) is 4.57 Å². The maximum absolute atomic E-state index is 12.0. The Hall–Kier alpha value is -1.98. The first kappa shape index (κ1) is 13.0. The zero-order valence-corrected chi connectivity index (χ0v) is 11.7. The number of para-hydroxylation sites is 1. The molecular formula is C15H15N2O2S+. The highest BCUT2D eigenvalue weighted by atomic mass is 32.1. The number of hydrogen-bond acceptors (Lipinski definition) is 3. The van der Waals surface area contributed by atoms with Crippen LogP contribution >= 0.6 is 11.3 Å². The fraction of sp³-hybridized carbons (Fsp3) is 0.200. The molecule has 2 aromatic heterocycles. The smallest absolute Gasteiger partial charge is 0.308 e. The van der Waals surface area contributed by atoms with Crippen LogP contribution in [0.4, 0.5) is 0 Å². The van der Waals surface area contributed by atoms with Gasteiger partial charge in [-0.3, -0.25) is 9.36 Å². The van der Waals surface area contributed by atoms with E-state index >= 15 is 0 Å². The molecule has 1 N–H and O–H groups in total. The van der Waals surface area contributed by atoms with E-state index in [9.17, 15) is 9.90 Å². The van der Waals surface area contributed by atoms with Crippen LogP contribution in [-0.4, -0.2) is 15.8 Å². The summed E-state index contributed by atoms with van der Waals surface area (Å²) in [5.74, 6) is 0. The Kier molecular flexibility index (Phi) is 3.62. The maximum Gasteiger partial charge on any atom is 0.308 e. The molecule has 5 heteroatoms. The molecule has 2 heterocycles. The molecular weight excluding hydrogens is 272 g/mol. The Morgan fingerprint density at radius 3 is 2.70 bits per heavy atom. The first-order valence-corrected chi connectivity index (χ1v) is 7.26. The van der Waals surface area contributed by atoms with E-state index in [1.165, 1.54) is 11.3 Å². The second kappa shape index (κ2) is 5.56. The zero-order valence-electron chi connectivity index (χ0n) is 10.8. The van der Waals surface area contributed by atoms with Crippen molar-refractivity contribution in [2.24, 2.45) is 0 Å². The first-order valence-electron chi connectivity index (χ1n) is 6.44. The summed E-state index contributed by atoms with van der Waals surface area (Å²) >= 11 is 1.22. The Morgan fingerprint density at radius 1 is 1.15 bits per heavy atom. The quantitative estimate of drug-likeness (QED) is 0.738. The SMILES string of the molecule is O=c1sc2ccccc2n1C[C@H](O)C[n+]1ccccc1. The van der Waals surface area contributed by atoms with Crippen LogP contribution in [0, 0.1) is 0 Å². The number of pyridine rings is 1. The van der Waals surface area contributed by atoms with Gasteiger partial charge in [-0.15, -0.1) is 0 Å². The van der Waals surface area contributed by atoms with Crippen molar-refractivity contribution in [3.05, 3.63) is 64.5 Å². The molecule has 0 unspecified atom stereocenters. The average molecular weight is 287 g/mol. The van der Waals surface area contributed by atoms with Gasteiger partial charge < -0.3 is 5.11 Å². The van der Waals surface area contributed by atoms with Crippen molar-refractivity contribution >= 4 is 21.6 Å². The standard InChI is InChI=1S/C15H15N2O2S/c18-12(10-16-8-4-1-5-9-16)11-17-13-6-2-3-7-14(13)20-15(17)19/h1-9,12,18H,10-11H2/q+1/t12-/m1/s1. The molecule has 1 atom stereocenters. The molecule has 102 valence electrons. The van der Waals surface area contributed by atoms with Crippen LogP contribution in [0.1, 0.15) is 0 Å². The molecule has 0 saturated carbocycles. The van der Waals surface area contributed by atoms with Crippen LogP contribution in [0.2, 0.25) is 0 Å². The summed E-state index contributed by atoms with van der Waals surface area (Å²) in [6.07, 6.45) is 3.20. The first-order chi connectivity index (χ1) is 9.74. The molecule has 0 aliphatic rings. The highest BCUT2D eigenvalue weighted by Gasteiger charge is 2.15. The lowest BCUT2D eigenvalue weighted by Crippen LogP contribution is -2.41. The average Bonchev–Trinajstić information content (AvgIpc) is 2.76. The van der Waals surface area contributed by atoms with Crippen molar-refractivity contribution in [1.82, 2.24) is 4.57 Å². The summed E-state index contributed by atoms with van der Waals surface area (Å²) in [7, 11) is 0. The van der Waals surface area contributed by atoms with Crippen molar-refractivity contribution in [1.29, 1.82) is 0 Å². The fourth-order valence-electron chi connectivity index (χ4n) is 2.25. The van der Waals surface area contributed by atoms with Crippen LogP contribution in [0.25, 0.3) is 10.2 Å². The third kappa shape index (κ3) is 2.64. The molecule has 3 rings (SSSR count). The molecule has 0 aliphatic carbocycles. The van der Waals surface area contributed by atoms with E-state index in [-0.39, 0.29) is 4.87 Å². The highest BCUT2D eigenvalue weighted by molar-refractivity contribution is 7.16. The molecule has 3 aromatic rings. The number of fused-ring (bicyclic) bond motifs is 1. The van der Waals surface area contributed by atoms with Crippen LogP contribution < -0.4 is 9.44 Å². The van der Waals surface area contributed by atoms with Gasteiger partial charge >= 0.3 is 4.87 Å². The lowest BCUT2D eigenvalue weighted by molar-refractivity contribution is -0.703. The Labute approximate surface area is 120 Å². The van der Waals surface area contributed by atoms with Gasteiger partial charge in [0.15, 0.2) is 18.9 Å². The molecule has 0 saturated heterocycles. The van der Waals surface area contributed by atoms with Crippen LogP contribution in [0.5, 0.6) is 0 Å². The lowest BCUT2D eigenvalue weighted by atomic mass is 10.3. The number of nitrogens with zero attached hydrogens (tertiary/aromatic N) is 2. The number of hydrogen-bond donors (Lipinski definition) is 1. The van der Waals surface area contributed by atoms with Gasteiger partial charge in [0.25, 0.3) is 0 Å². The summed E-state index contributed by atoms with van der Waals surface area (Å²) in [6, 6.07) is 13.4. The van der Waals surface area contributed by atoms with Crippen molar-refractivity contribution in [2.45, 2.75) is 19.2 Å². The fourth-order valence-corrected chi connectivity index (χ4v) is 3.16. The summed E-state index contributed by atoms with van der Waals surface area (Å²) in [5.41, 5.74) is 0.889. The largest absolute Gasteiger partial charge is 0.385 e. The van der Waals surface area contributed by atoms with E-state index in [2.05, 4.69) is 0 Å². The number of aliphatic hydroxyl groups excluding tert-OH is 1. The summed E-state index contributed by atoms with van der Waals surface area (Å²) in [5, 5.41) is 10.2. The predicted molar refractivity (Wildman–Crippen MR) is 78.7 cm³/mol. The molecule has 4 nitrogen and oxygen atoms in total. The van der Waals surface area contributed by atoms with Gasteiger partial charge in [0.1, 0.15) is 6.10 Å². The van der Waals surface area contributed by atoms with Gasteiger partial charge in [-0.2, -0.15) is 0 Å². The van der Waals surface area contributed by atoms with Crippen LogP contribution in [-0.2, 0) is 13.1 Å². The third-order valence-corrected chi connectivity index (χ3v) is 4.13. The van der Waals surface area contributed by atoms with E-state index in [1.54, 1.807) is 4.57 Å².